The van der Waals surface area contributed by atoms with Gasteiger partial charge in [0, 0.05) is 0 Å². The first-order valence-electron chi connectivity index (χ1n) is 4.21. The summed E-state index contributed by atoms with van der Waals surface area (Å²) in [7, 11) is 0. The zero-order valence-corrected chi connectivity index (χ0v) is 7.14. The maximum atomic E-state index is 5.35. The Morgan fingerprint density at radius 2 is 1.90 bits per heavy atom. The van der Waals surface area contributed by atoms with E-state index in [0.717, 1.165) is 18.9 Å². The fraction of sp³-hybridized carbons (Fsp3) is 0.778. The predicted molar refractivity (Wildman–Crippen MR) is 46.9 cm³/mol. The first-order chi connectivity index (χ1) is 4.85. The Morgan fingerprint density at radius 1 is 1.30 bits per heavy atom. The van der Waals surface area contributed by atoms with Gasteiger partial charge < -0.3 is 5.73 Å². The summed E-state index contributed by atoms with van der Waals surface area (Å²) in [6.07, 6.45) is 8.00. The zero-order valence-electron chi connectivity index (χ0n) is 7.14. The maximum absolute atomic E-state index is 5.35. The summed E-state index contributed by atoms with van der Waals surface area (Å²) in [5, 5.41) is 0. The normalized spacial score (nSPS) is 11.6. The summed E-state index contributed by atoms with van der Waals surface area (Å²) < 4.78 is 0. The molecule has 0 aliphatic carbocycles. The van der Waals surface area contributed by atoms with Crippen molar-refractivity contribution < 1.29 is 0 Å². The highest BCUT2D eigenvalue weighted by Gasteiger charge is 1.94. The van der Waals surface area contributed by atoms with E-state index in [9.17, 15) is 0 Å². The van der Waals surface area contributed by atoms with Crippen molar-refractivity contribution >= 4 is 0 Å². The Kier molecular flexibility index (Phi) is 6.61. The molecular weight excluding hydrogens is 122 g/mol. The molecule has 10 heavy (non-hydrogen) atoms. The van der Waals surface area contributed by atoms with Crippen LogP contribution in [0.25, 0.3) is 0 Å². The second-order valence-corrected chi connectivity index (χ2v) is 2.58. The van der Waals surface area contributed by atoms with Gasteiger partial charge in [0.25, 0.3) is 0 Å². The van der Waals surface area contributed by atoms with E-state index < -0.39 is 0 Å². The minimum absolute atomic E-state index is 0.770. The lowest BCUT2D eigenvalue weighted by Crippen LogP contribution is -1.96. The highest BCUT2D eigenvalue weighted by atomic mass is 14.5. The van der Waals surface area contributed by atoms with Gasteiger partial charge in [-0.05, 0) is 31.7 Å². The molecule has 0 heterocycles. The molecule has 0 unspecified atom stereocenters. The maximum Gasteiger partial charge on any atom is -0.00426 e. The Morgan fingerprint density at radius 3 is 2.30 bits per heavy atom. The quantitative estimate of drug-likeness (QED) is 0.584. The molecule has 0 fully saturated rings. The Hall–Kier alpha value is -0.300. The van der Waals surface area contributed by atoms with Crippen LogP contribution in [0.2, 0.25) is 0 Å². The SMILES string of the molecule is CCC(C=CCCN)CC. The van der Waals surface area contributed by atoms with Crippen molar-refractivity contribution in [1.82, 2.24) is 0 Å². The van der Waals surface area contributed by atoms with Crippen LogP contribution in [0.4, 0.5) is 0 Å². The van der Waals surface area contributed by atoms with Gasteiger partial charge in [-0.3, -0.25) is 0 Å². The van der Waals surface area contributed by atoms with Gasteiger partial charge in [-0.2, -0.15) is 0 Å². The van der Waals surface area contributed by atoms with E-state index in [2.05, 4.69) is 26.0 Å². The van der Waals surface area contributed by atoms with Crippen LogP contribution in [0.1, 0.15) is 33.1 Å². The summed E-state index contributed by atoms with van der Waals surface area (Å²) in [4.78, 5) is 0. The predicted octanol–water partition coefficient (Wildman–Crippen LogP) is 2.33. The van der Waals surface area contributed by atoms with Crippen LogP contribution in [0.5, 0.6) is 0 Å². The van der Waals surface area contributed by atoms with Gasteiger partial charge >= 0.3 is 0 Å². The molecule has 0 saturated heterocycles. The molecule has 0 amide bonds. The van der Waals surface area contributed by atoms with Crippen LogP contribution in [0.15, 0.2) is 12.2 Å². The van der Waals surface area contributed by atoms with E-state index in [1.807, 2.05) is 0 Å². The third-order valence-electron chi connectivity index (χ3n) is 1.79. The van der Waals surface area contributed by atoms with E-state index in [-0.39, 0.29) is 0 Å². The second-order valence-electron chi connectivity index (χ2n) is 2.58. The van der Waals surface area contributed by atoms with E-state index in [0.29, 0.717) is 0 Å². The van der Waals surface area contributed by atoms with Crippen molar-refractivity contribution in [2.75, 3.05) is 6.54 Å². The molecule has 2 N–H and O–H groups in total. The van der Waals surface area contributed by atoms with Crippen LogP contribution in [-0.2, 0) is 0 Å². The summed E-state index contributed by atoms with van der Waals surface area (Å²) in [6, 6.07) is 0. The van der Waals surface area contributed by atoms with Crippen LogP contribution < -0.4 is 5.73 Å². The van der Waals surface area contributed by atoms with Crippen LogP contribution in [-0.4, -0.2) is 6.54 Å². The lowest BCUT2D eigenvalue weighted by atomic mass is 10.0. The monoisotopic (exact) mass is 141 g/mol. The minimum Gasteiger partial charge on any atom is -0.330 e. The highest BCUT2D eigenvalue weighted by Crippen LogP contribution is 2.08. The number of hydrogen-bond acceptors (Lipinski definition) is 1. The van der Waals surface area contributed by atoms with Crippen molar-refractivity contribution in [1.29, 1.82) is 0 Å². The van der Waals surface area contributed by atoms with Crippen molar-refractivity contribution in [3.05, 3.63) is 12.2 Å². The van der Waals surface area contributed by atoms with Gasteiger partial charge in [0.1, 0.15) is 0 Å². The first kappa shape index (κ1) is 9.70. The fourth-order valence-electron chi connectivity index (χ4n) is 0.946. The van der Waals surface area contributed by atoms with Crippen LogP contribution in [0.3, 0.4) is 0 Å². The molecule has 0 aromatic carbocycles. The molecule has 0 saturated carbocycles. The molecule has 0 bridgehead atoms. The van der Waals surface area contributed by atoms with Crippen LogP contribution in [0, 0.1) is 5.92 Å². The summed E-state index contributed by atoms with van der Waals surface area (Å²) >= 11 is 0. The van der Waals surface area contributed by atoms with E-state index in [1.54, 1.807) is 0 Å². The topological polar surface area (TPSA) is 26.0 Å². The van der Waals surface area contributed by atoms with Crippen molar-refractivity contribution in [2.24, 2.45) is 11.7 Å². The molecule has 0 aromatic heterocycles. The molecule has 1 heteroatoms. The van der Waals surface area contributed by atoms with Gasteiger partial charge in [0.15, 0.2) is 0 Å². The number of hydrogen-bond donors (Lipinski definition) is 1. The highest BCUT2D eigenvalue weighted by molar-refractivity contribution is 4.87. The number of rotatable bonds is 5. The molecular formula is C9H19N. The first-order valence-corrected chi connectivity index (χ1v) is 4.21. The van der Waals surface area contributed by atoms with Gasteiger partial charge in [0.2, 0.25) is 0 Å². The van der Waals surface area contributed by atoms with Gasteiger partial charge in [0.05, 0.1) is 0 Å². The molecule has 1 nitrogen and oxygen atoms in total. The lowest BCUT2D eigenvalue weighted by molar-refractivity contribution is 0.604. The Bertz CT molecular complexity index is 82.7. The van der Waals surface area contributed by atoms with E-state index >= 15 is 0 Å². The molecule has 0 aliphatic rings. The fourth-order valence-corrected chi connectivity index (χ4v) is 0.946. The van der Waals surface area contributed by atoms with E-state index in [4.69, 9.17) is 5.73 Å². The van der Waals surface area contributed by atoms with Crippen molar-refractivity contribution in [3.63, 3.8) is 0 Å². The Labute approximate surface area is 64.3 Å². The van der Waals surface area contributed by atoms with Gasteiger partial charge in [-0.25, -0.2) is 0 Å². The molecule has 0 aromatic rings. The lowest BCUT2D eigenvalue weighted by Gasteiger charge is -2.03. The van der Waals surface area contributed by atoms with Crippen molar-refractivity contribution in [3.8, 4) is 0 Å². The van der Waals surface area contributed by atoms with Crippen molar-refractivity contribution in [2.45, 2.75) is 33.1 Å². The number of allylic oxidation sites excluding steroid dienone is 1. The summed E-state index contributed by atoms with van der Waals surface area (Å²) in [5.74, 6) is 0.770. The summed E-state index contributed by atoms with van der Waals surface area (Å²) in [5.41, 5.74) is 5.35. The molecule has 60 valence electrons. The average Bonchev–Trinajstić information content (AvgIpc) is 1.99. The molecule has 0 atom stereocenters. The summed E-state index contributed by atoms with van der Waals surface area (Å²) in [6.45, 7) is 5.22. The Balaban J connectivity index is 3.40. The molecule has 0 spiro atoms. The zero-order chi connectivity index (χ0) is 7.82. The average molecular weight is 141 g/mol. The minimum atomic E-state index is 0.770. The van der Waals surface area contributed by atoms with E-state index in [1.165, 1.54) is 12.8 Å². The standard InChI is InChI=1S/C9H19N/c1-3-9(4-2)7-5-6-8-10/h5,7,9H,3-4,6,8,10H2,1-2H3. The third-order valence-corrected chi connectivity index (χ3v) is 1.79. The second kappa shape index (κ2) is 6.81. The van der Waals surface area contributed by atoms with Crippen LogP contribution >= 0.6 is 0 Å². The third kappa shape index (κ3) is 4.57. The smallest absolute Gasteiger partial charge is 0.00426 e. The largest absolute Gasteiger partial charge is 0.330 e. The van der Waals surface area contributed by atoms with Gasteiger partial charge in [-0.15, -0.1) is 0 Å². The molecule has 0 aliphatic heterocycles. The van der Waals surface area contributed by atoms with Gasteiger partial charge in [-0.1, -0.05) is 26.0 Å². The molecule has 0 rings (SSSR count). The molecule has 0 radical (unpaired) electrons. The number of nitrogens with two attached hydrogens (primary N) is 1.